The Hall–Kier alpha value is -2.95. The van der Waals surface area contributed by atoms with Crippen molar-refractivity contribution in [3.05, 3.63) is 70.8 Å². The summed E-state index contributed by atoms with van der Waals surface area (Å²) in [6, 6.07) is 14.4. The van der Waals surface area contributed by atoms with Gasteiger partial charge in [-0.1, -0.05) is 62.2 Å². The molecular weight excluding hydrogens is 402 g/mol. The third-order valence-corrected chi connectivity index (χ3v) is 7.23. The number of hydrogen-bond donors (Lipinski definition) is 1. The Morgan fingerprint density at radius 3 is 2.41 bits per heavy atom. The Labute approximate surface area is 189 Å². The van der Waals surface area contributed by atoms with E-state index in [4.69, 9.17) is 0 Å². The molecule has 0 bridgehead atoms. The molecule has 1 heterocycles. The maximum Gasteiger partial charge on any atom is 0.336 e. The lowest BCUT2D eigenvalue weighted by molar-refractivity contribution is -0.141. The molecule has 0 aromatic heterocycles. The van der Waals surface area contributed by atoms with E-state index in [1.54, 1.807) is 18.2 Å². The van der Waals surface area contributed by atoms with Crippen molar-refractivity contribution in [3.63, 3.8) is 0 Å². The third-order valence-electron chi connectivity index (χ3n) is 7.23. The van der Waals surface area contributed by atoms with Gasteiger partial charge in [0.15, 0.2) is 5.78 Å². The number of carbonyl (C=O) groups excluding carboxylic acids is 2. The van der Waals surface area contributed by atoms with Crippen molar-refractivity contribution in [1.29, 1.82) is 0 Å². The van der Waals surface area contributed by atoms with Gasteiger partial charge in [-0.15, -0.1) is 0 Å². The molecular formula is C27H31NO4. The fourth-order valence-corrected chi connectivity index (χ4v) is 5.44. The molecule has 2 aliphatic rings. The SMILES string of the molecule is CC1CCCC[C@H]1C(=O)N1CCc2ccccc2[C@H]1CCC(=O)c1ccccc1C(=O)O. The lowest BCUT2D eigenvalue weighted by Gasteiger charge is -2.41. The van der Waals surface area contributed by atoms with Crippen molar-refractivity contribution >= 4 is 17.7 Å². The standard InChI is InChI=1S/C27H31NO4/c1-18-8-2-4-10-20(18)26(30)28-17-16-19-9-3-5-11-21(19)24(28)14-15-25(29)22-12-6-7-13-23(22)27(31)32/h3,5-7,9,11-13,18,20,24H,2,4,8,10,14-17H2,1H3,(H,31,32)/t18?,20-,24-/m1/s1. The van der Waals surface area contributed by atoms with E-state index in [0.717, 1.165) is 31.2 Å². The number of amides is 1. The summed E-state index contributed by atoms with van der Waals surface area (Å²) in [4.78, 5) is 40.1. The number of ketones is 1. The molecule has 1 saturated carbocycles. The average molecular weight is 434 g/mol. The predicted octanol–water partition coefficient (Wildman–Crippen LogP) is 5.30. The zero-order chi connectivity index (χ0) is 22.7. The average Bonchev–Trinajstić information content (AvgIpc) is 2.82. The first kappa shape index (κ1) is 22.3. The van der Waals surface area contributed by atoms with Crippen LogP contribution in [-0.4, -0.2) is 34.2 Å². The van der Waals surface area contributed by atoms with Gasteiger partial charge in [-0.2, -0.15) is 0 Å². The van der Waals surface area contributed by atoms with Gasteiger partial charge in [0.2, 0.25) is 5.91 Å². The van der Waals surface area contributed by atoms with Gasteiger partial charge in [0.25, 0.3) is 0 Å². The highest BCUT2D eigenvalue weighted by Gasteiger charge is 2.37. The Balaban J connectivity index is 1.58. The van der Waals surface area contributed by atoms with Crippen LogP contribution in [0.3, 0.4) is 0 Å². The summed E-state index contributed by atoms with van der Waals surface area (Å²) in [5, 5.41) is 9.44. The van der Waals surface area contributed by atoms with E-state index < -0.39 is 5.97 Å². The van der Waals surface area contributed by atoms with Crippen LogP contribution in [0.4, 0.5) is 0 Å². The Morgan fingerprint density at radius 2 is 1.66 bits per heavy atom. The fourth-order valence-electron chi connectivity index (χ4n) is 5.44. The summed E-state index contributed by atoms with van der Waals surface area (Å²) in [6.45, 7) is 2.85. The molecule has 1 amide bonds. The summed E-state index contributed by atoms with van der Waals surface area (Å²) < 4.78 is 0. The Morgan fingerprint density at radius 1 is 0.969 bits per heavy atom. The minimum atomic E-state index is -1.10. The number of nitrogens with zero attached hydrogens (tertiary/aromatic N) is 1. The molecule has 4 rings (SSSR count). The van der Waals surface area contributed by atoms with Crippen molar-refractivity contribution in [3.8, 4) is 0 Å². The highest BCUT2D eigenvalue weighted by Crippen LogP contribution is 2.38. The van der Waals surface area contributed by atoms with E-state index in [1.807, 2.05) is 17.0 Å². The van der Waals surface area contributed by atoms with Gasteiger partial charge in [0, 0.05) is 24.4 Å². The molecule has 1 aliphatic carbocycles. The lowest BCUT2D eigenvalue weighted by Crippen LogP contribution is -2.45. The van der Waals surface area contributed by atoms with Crippen LogP contribution in [-0.2, 0) is 11.2 Å². The molecule has 32 heavy (non-hydrogen) atoms. The maximum absolute atomic E-state index is 13.6. The van der Waals surface area contributed by atoms with Crippen LogP contribution in [0, 0.1) is 11.8 Å². The van der Waals surface area contributed by atoms with Crippen LogP contribution in [0.1, 0.15) is 83.3 Å². The smallest absolute Gasteiger partial charge is 0.336 e. The normalized spacial score (nSPS) is 22.8. The summed E-state index contributed by atoms with van der Waals surface area (Å²) in [5.41, 5.74) is 2.62. The number of carboxylic acid groups (broad SMARTS) is 1. The molecule has 5 nitrogen and oxygen atoms in total. The van der Waals surface area contributed by atoms with Crippen LogP contribution in [0.5, 0.6) is 0 Å². The van der Waals surface area contributed by atoms with E-state index in [9.17, 15) is 19.5 Å². The first-order valence-electron chi connectivity index (χ1n) is 11.7. The van der Waals surface area contributed by atoms with Crippen LogP contribution >= 0.6 is 0 Å². The number of fused-ring (bicyclic) bond motifs is 1. The monoisotopic (exact) mass is 433 g/mol. The predicted molar refractivity (Wildman–Crippen MR) is 123 cm³/mol. The Kier molecular flexibility index (Phi) is 6.73. The topological polar surface area (TPSA) is 74.7 Å². The second kappa shape index (κ2) is 9.68. The van der Waals surface area contributed by atoms with Crippen LogP contribution < -0.4 is 0 Å². The molecule has 3 atom stereocenters. The summed E-state index contributed by atoms with van der Waals surface area (Å²) in [7, 11) is 0. The van der Waals surface area contributed by atoms with Gasteiger partial charge in [-0.25, -0.2) is 4.79 Å². The van der Waals surface area contributed by atoms with E-state index in [-0.39, 0.29) is 41.2 Å². The molecule has 1 unspecified atom stereocenters. The number of benzene rings is 2. The van der Waals surface area contributed by atoms with Gasteiger partial charge < -0.3 is 10.0 Å². The van der Waals surface area contributed by atoms with Gasteiger partial charge in [-0.3, -0.25) is 9.59 Å². The summed E-state index contributed by atoms with van der Waals surface area (Å²) >= 11 is 0. The van der Waals surface area contributed by atoms with Crippen molar-refractivity contribution in [2.24, 2.45) is 11.8 Å². The molecule has 2 aromatic rings. The van der Waals surface area contributed by atoms with E-state index in [0.29, 0.717) is 18.9 Å². The van der Waals surface area contributed by atoms with Gasteiger partial charge in [-0.05, 0) is 48.8 Å². The van der Waals surface area contributed by atoms with Crippen LogP contribution in [0.2, 0.25) is 0 Å². The molecule has 2 aromatic carbocycles. The fraction of sp³-hybridized carbons (Fsp3) is 0.444. The van der Waals surface area contributed by atoms with Crippen molar-refractivity contribution in [1.82, 2.24) is 4.90 Å². The number of rotatable bonds is 6. The first-order valence-corrected chi connectivity index (χ1v) is 11.7. The minimum absolute atomic E-state index is 0.0329. The highest BCUT2D eigenvalue weighted by molar-refractivity contribution is 6.05. The molecule has 0 spiro atoms. The minimum Gasteiger partial charge on any atom is -0.478 e. The first-order chi connectivity index (χ1) is 15.5. The highest BCUT2D eigenvalue weighted by atomic mass is 16.4. The van der Waals surface area contributed by atoms with Gasteiger partial charge >= 0.3 is 5.97 Å². The zero-order valence-corrected chi connectivity index (χ0v) is 18.6. The van der Waals surface area contributed by atoms with Crippen molar-refractivity contribution < 1.29 is 19.5 Å². The summed E-state index contributed by atoms with van der Waals surface area (Å²) in [5.74, 6) is -0.627. The maximum atomic E-state index is 13.6. The number of carboxylic acids is 1. The van der Waals surface area contributed by atoms with E-state index in [2.05, 4.69) is 19.1 Å². The van der Waals surface area contributed by atoms with Gasteiger partial charge in [0.05, 0.1) is 11.6 Å². The zero-order valence-electron chi connectivity index (χ0n) is 18.6. The van der Waals surface area contributed by atoms with E-state index >= 15 is 0 Å². The Bertz CT molecular complexity index is 1010. The molecule has 1 N–H and O–H groups in total. The summed E-state index contributed by atoms with van der Waals surface area (Å²) in [6.07, 6.45) is 5.85. The number of Topliss-reactive ketones (excluding diaryl/α,β-unsaturated/α-hetero) is 1. The third kappa shape index (κ3) is 4.47. The van der Waals surface area contributed by atoms with Crippen molar-refractivity contribution in [2.45, 2.75) is 57.9 Å². The van der Waals surface area contributed by atoms with Crippen LogP contribution in [0.25, 0.3) is 0 Å². The number of hydrogen-bond acceptors (Lipinski definition) is 3. The van der Waals surface area contributed by atoms with Gasteiger partial charge in [0.1, 0.15) is 0 Å². The lowest BCUT2D eigenvalue weighted by atomic mass is 9.78. The molecule has 0 saturated heterocycles. The second-order valence-corrected chi connectivity index (χ2v) is 9.18. The molecule has 168 valence electrons. The molecule has 5 heteroatoms. The number of carbonyl (C=O) groups is 3. The quantitative estimate of drug-likeness (QED) is 0.627. The van der Waals surface area contributed by atoms with E-state index in [1.165, 1.54) is 18.1 Å². The van der Waals surface area contributed by atoms with Crippen molar-refractivity contribution in [2.75, 3.05) is 6.54 Å². The largest absolute Gasteiger partial charge is 0.478 e. The molecule has 0 radical (unpaired) electrons. The van der Waals surface area contributed by atoms with Crippen LogP contribution in [0.15, 0.2) is 48.5 Å². The molecule has 1 fully saturated rings. The number of aromatic carboxylic acids is 1. The second-order valence-electron chi connectivity index (χ2n) is 9.18. The molecule has 1 aliphatic heterocycles.